The van der Waals surface area contributed by atoms with Gasteiger partial charge in [-0.15, -0.1) is 11.3 Å². The fourth-order valence-electron chi connectivity index (χ4n) is 1.46. The highest BCUT2D eigenvalue weighted by Gasteiger charge is 2.09. The minimum Gasteiger partial charge on any atom is -0.481 e. The average molecular weight is 285 g/mol. The normalized spacial score (nSPS) is 11.8. The summed E-state index contributed by atoms with van der Waals surface area (Å²) in [5.41, 5.74) is 2.74. The number of nitrogens with zero attached hydrogens (tertiary/aromatic N) is 1. The molecule has 3 N–H and O–H groups in total. The molecular formula is C12H19N3O3S. The van der Waals surface area contributed by atoms with Crippen LogP contribution in [0, 0.1) is 5.92 Å². The van der Waals surface area contributed by atoms with E-state index in [0.29, 0.717) is 32.4 Å². The molecule has 0 radical (unpaired) electrons. The number of aliphatic carboxylic acids is 1. The number of carbonyl (C=O) groups is 2. The summed E-state index contributed by atoms with van der Waals surface area (Å²) in [4.78, 5) is 26.1. The third-order valence-corrected chi connectivity index (χ3v) is 3.31. The molecule has 0 fully saturated rings. The molecule has 1 unspecified atom stereocenters. The predicted octanol–water partition coefficient (Wildman–Crippen LogP) is 1.49. The monoisotopic (exact) mass is 285 g/mol. The van der Waals surface area contributed by atoms with Crippen LogP contribution in [0.2, 0.25) is 0 Å². The van der Waals surface area contributed by atoms with Crippen molar-refractivity contribution in [2.45, 2.75) is 26.2 Å². The van der Waals surface area contributed by atoms with Crippen LogP contribution >= 0.6 is 11.3 Å². The van der Waals surface area contributed by atoms with Crippen LogP contribution in [0.4, 0.5) is 4.79 Å². The fourth-order valence-corrected chi connectivity index (χ4v) is 2.05. The zero-order valence-electron chi connectivity index (χ0n) is 10.9. The van der Waals surface area contributed by atoms with Crippen LogP contribution in [0.15, 0.2) is 10.9 Å². The molecule has 0 aliphatic carbocycles. The molecule has 1 heterocycles. The van der Waals surface area contributed by atoms with Gasteiger partial charge in [-0.1, -0.05) is 6.92 Å². The van der Waals surface area contributed by atoms with Gasteiger partial charge >= 0.3 is 12.0 Å². The first-order valence-electron chi connectivity index (χ1n) is 6.21. The second kappa shape index (κ2) is 8.47. The summed E-state index contributed by atoms with van der Waals surface area (Å²) in [7, 11) is 0. The van der Waals surface area contributed by atoms with Crippen LogP contribution in [0.25, 0.3) is 0 Å². The molecule has 0 aliphatic rings. The molecule has 0 saturated heterocycles. The lowest BCUT2D eigenvalue weighted by atomic mass is 10.1. The van der Waals surface area contributed by atoms with Gasteiger partial charge in [0.1, 0.15) is 0 Å². The Bertz CT molecular complexity index is 395. The average Bonchev–Trinajstić information content (AvgIpc) is 2.87. The van der Waals surface area contributed by atoms with Gasteiger partial charge in [-0.25, -0.2) is 9.78 Å². The van der Waals surface area contributed by atoms with Crippen molar-refractivity contribution in [1.29, 1.82) is 0 Å². The Morgan fingerprint density at radius 1 is 1.42 bits per heavy atom. The van der Waals surface area contributed by atoms with Gasteiger partial charge in [0.15, 0.2) is 0 Å². The summed E-state index contributed by atoms with van der Waals surface area (Å²) in [6.07, 6.45) is 1.94. The van der Waals surface area contributed by atoms with Crippen LogP contribution in [-0.2, 0) is 11.2 Å². The van der Waals surface area contributed by atoms with Crippen molar-refractivity contribution in [2.24, 2.45) is 5.92 Å². The zero-order chi connectivity index (χ0) is 14.1. The Labute approximate surface area is 116 Å². The molecule has 1 aromatic rings. The van der Waals surface area contributed by atoms with E-state index in [4.69, 9.17) is 5.11 Å². The number of aromatic nitrogens is 1. The third kappa shape index (κ3) is 6.76. The highest BCUT2D eigenvalue weighted by atomic mass is 32.1. The van der Waals surface area contributed by atoms with Gasteiger partial charge in [0.05, 0.1) is 17.1 Å². The van der Waals surface area contributed by atoms with E-state index < -0.39 is 5.97 Å². The number of hydrogen-bond donors (Lipinski definition) is 3. The zero-order valence-corrected chi connectivity index (χ0v) is 11.7. The van der Waals surface area contributed by atoms with E-state index in [0.717, 1.165) is 5.69 Å². The van der Waals surface area contributed by atoms with E-state index in [1.165, 1.54) is 11.3 Å². The molecule has 2 amide bonds. The minimum absolute atomic E-state index is 0.224. The lowest BCUT2D eigenvalue weighted by molar-refractivity contribution is -0.141. The van der Waals surface area contributed by atoms with Crippen molar-refractivity contribution < 1.29 is 14.7 Å². The predicted molar refractivity (Wildman–Crippen MR) is 73.3 cm³/mol. The maximum absolute atomic E-state index is 11.4. The molecule has 7 heteroatoms. The molecule has 0 saturated carbocycles. The second-order valence-electron chi connectivity index (χ2n) is 4.29. The Morgan fingerprint density at radius 2 is 2.16 bits per heavy atom. The van der Waals surface area contributed by atoms with Crippen LogP contribution in [0.5, 0.6) is 0 Å². The number of carboxylic acid groups (broad SMARTS) is 1. The van der Waals surface area contributed by atoms with E-state index >= 15 is 0 Å². The maximum atomic E-state index is 11.4. The Balaban J connectivity index is 2.00. The Kier molecular flexibility index (Phi) is 6.88. The van der Waals surface area contributed by atoms with Crippen molar-refractivity contribution in [3.63, 3.8) is 0 Å². The van der Waals surface area contributed by atoms with E-state index in [1.807, 2.05) is 5.38 Å². The number of thiazole rings is 1. The van der Waals surface area contributed by atoms with E-state index in [2.05, 4.69) is 15.6 Å². The van der Waals surface area contributed by atoms with Gasteiger partial charge in [0.25, 0.3) is 0 Å². The second-order valence-corrected chi connectivity index (χ2v) is 5.01. The van der Waals surface area contributed by atoms with E-state index in [9.17, 15) is 9.59 Å². The lowest BCUT2D eigenvalue weighted by Gasteiger charge is -2.08. The highest BCUT2D eigenvalue weighted by Crippen LogP contribution is 2.04. The number of rotatable bonds is 8. The fraction of sp³-hybridized carbons (Fsp3) is 0.583. The molecular weight excluding hydrogens is 266 g/mol. The number of hydrogen-bond acceptors (Lipinski definition) is 4. The van der Waals surface area contributed by atoms with Crippen molar-refractivity contribution in [3.8, 4) is 0 Å². The molecule has 1 atom stereocenters. The summed E-state index contributed by atoms with van der Waals surface area (Å²) in [6, 6.07) is -0.224. The van der Waals surface area contributed by atoms with Gasteiger partial charge in [0, 0.05) is 24.9 Å². The molecule has 0 spiro atoms. The highest BCUT2D eigenvalue weighted by molar-refractivity contribution is 7.07. The van der Waals surface area contributed by atoms with E-state index in [1.54, 1.807) is 12.4 Å². The number of carbonyl (C=O) groups excluding carboxylic acids is 1. The van der Waals surface area contributed by atoms with Gasteiger partial charge < -0.3 is 15.7 Å². The number of urea groups is 1. The van der Waals surface area contributed by atoms with Gasteiger partial charge in [0.2, 0.25) is 0 Å². The summed E-state index contributed by atoms with van der Waals surface area (Å²) in [5.74, 6) is -1.16. The number of nitrogens with one attached hydrogen (secondary N) is 2. The summed E-state index contributed by atoms with van der Waals surface area (Å²) < 4.78 is 0. The lowest BCUT2D eigenvalue weighted by Crippen LogP contribution is -2.37. The van der Waals surface area contributed by atoms with Crippen molar-refractivity contribution in [3.05, 3.63) is 16.6 Å². The first-order valence-corrected chi connectivity index (χ1v) is 7.15. The first-order chi connectivity index (χ1) is 9.09. The van der Waals surface area contributed by atoms with Crippen molar-refractivity contribution in [1.82, 2.24) is 15.6 Å². The van der Waals surface area contributed by atoms with Crippen LogP contribution < -0.4 is 10.6 Å². The molecule has 0 aromatic carbocycles. The molecule has 6 nitrogen and oxygen atoms in total. The molecule has 1 aromatic heterocycles. The van der Waals surface area contributed by atoms with Gasteiger partial charge in [-0.3, -0.25) is 4.79 Å². The molecule has 0 aliphatic heterocycles. The maximum Gasteiger partial charge on any atom is 0.314 e. The smallest absolute Gasteiger partial charge is 0.314 e. The summed E-state index contributed by atoms with van der Waals surface area (Å²) >= 11 is 1.53. The quantitative estimate of drug-likeness (QED) is 0.631. The van der Waals surface area contributed by atoms with Crippen LogP contribution in [-0.4, -0.2) is 35.2 Å². The third-order valence-electron chi connectivity index (χ3n) is 2.67. The topological polar surface area (TPSA) is 91.3 Å². The first kappa shape index (κ1) is 15.4. The van der Waals surface area contributed by atoms with Crippen LogP contribution in [0.3, 0.4) is 0 Å². The van der Waals surface area contributed by atoms with Crippen LogP contribution in [0.1, 0.15) is 25.5 Å². The molecule has 0 bridgehead atoms. The Morgan fingerprint density at radius 3 is 2.79 bits per heavy atom. The SMILES string of the molecule is CC(CCCNC(=O)NCCc1cscn1)C(=O)O. The van der Waals surface area contributed by atoms with Gasteiger partial charge in [-0.05, 0) is 12.8 Å². The van der Waals surface area contributed by atoms with Crippen molar-refractivity contribution in [2.75, 3.05) is 13.1 Å². The summed E-state index contributed by atoms with van der Waals surface area (Å²) in [6.45, 7) is 2.69. The Hall–Kier alpha value is -1.63. The standard InChI is InChI=1S/C12H19N3O3S/c1-9(11(16)17)3-2-5-13-12(18)14-6-4-10-7-19-8-15-10/h7-9H,2-6H2,1H3,(H,16,17)(H2,13,14,18). The molecule has 1 rings (SSSR count). The largest absolute Gasteiger partial charge is 0.481 e. The number of amides is 2. The van der Waals surface area contributed by atoms with Gasteiger partial charge in [-0.2, -0.15) is 0 Å². The minimum atomic E-state index is -0.798. The van der Waals surface area contributed by atoms with E-state index in [-0.39, 0.29) is 11.9 Å². The molecule has 106 valence electrons. The number of carboxylic acids is 1. The summed E-state index contributed by atoms with van der Waals surface area (Å²) in [5, 5.41) is 16.1. The van der Waals surface area contributed by atoms with Crippen molar-refractivity contribution >= 4 is 23.3 Å². The molecule has 19 heavy (non-hydrogen) atoms.